The van der Waals surface area contributed by atoms with Crippen molar-refractivity contribution < 1.29 is 34.2 Å². The molecule has 0 radical (unpaired) electrons. The lowest BCUT2D eigenvalue weighted by Gasteiger charge is -2.32. The van der Waals surface area contributed by atoms with Gasteiger partial charge in [0.15, 0.2) is 0 Å². The van der Waals surface area contributed by atoms with Crippen molar-refractivity contribution in [3.63, 3.8) is 0 Å². The van der Waals surface area contributed by atoms with Crippen LogP contribution < -0.4 is 20.5 Å². The molecule has 2 aromatic rings. The van der Waals surface area contributed by atoms with E-state index in [1.165, 1.54) is 31.2 Å². The number of carbonyl (C=O) groups excluding carboxylic acids is 2. The number of para-hydroxylation sites is 1. The number of aryl methyl sites for hydroxylation is 1. The van der Waals surface area contributed by atoms with Gasteiger partial charge in [0.1, 0.15) is 18.5 Å². The average molecular weight is 539 g/mol. The maximum absolute atomic E-state index is 13.1. The first-order valence-corrected chi connectivity index (χ1v) is 12.5. The number of allylic oxidation sites excluding steroid dienone is 2. The number of benzene rings is 2. The number of dihydropyridines is 1. The van der Waals surface area contributed by atoms with Gasteiger partial charge in [-0.05, 0) is 50.9 Å². The minimum atomic E-state index is -1.50. The van der Waals surface area contributed by atoms with Crippen LogP contribution in [0.15, 0.2) is 71.1 Å². The highest BCUT2D eigenvalue weighted by Crippen LogP contribution is 2.39. The molecule has 3 N–H and O–H groups in total. The number of nitro groups is 1. The van der Waals surface area contributed by atoms with Crippen molar-refractivity contribution in [2.24, 2.45) is 0 Å². The summed E-state index contributed by atoms with van der Waals surface area (Å²) in [4.78, 5) is 35.8. The van der Waals surface area contributed by atoms with Gasteiger partial charge >= 0.3 is 5.97 Å². The van der Waals surface area contributed by atoms with E-state index in [1.54, 1.807) is 6.92 Å². The molecule has 0 saturated heterocycles. The molecule has 0 aliphatic carbocycles. The normalized spacial score (nSPS) is 15.9. The van der Waals surface area contributed by atoms with E-state index >= 15 is 0 Å². The van der Waals surface area contributed by atoms with Gasteiger partial charge in [-0.15, -0.1) is 0 Å². The molecule has 0 amide bonds. The van der Waals surface area contributed by atoms with Crippen LogP contribution >= 0.6 is 0 Å². The Morgan fingerprint density at radius 2 is 1.82 bits per heavy atom. The predicted octanol–water partition coefficient (Wildman–Crippen LogP) is 1.85. The molecule has 2 atom stereocenters. The Hall–Kier alpha value is -4.22. The first-order chi connectivity index (χ1) is 18.6. The molecule has 0 bridgehead atoms. The van der Waals surface area contributed by atoms with Gasteiger partial charge in [-0.25, -0.2) is 4.79 Å². The van der Waals surface area contributed by atoms with Crippen LogP contribution in [-0.4, -0.2) is 54.4 Å². The van der Waals surface area contributed by atoms with Crippen LogP contribution in [0.1, 0.15) is 37.3 Å². The molecule has 2 unspecified atom stereocenters. The lowest BCUT2D eigenvalue weighted by atomic mass is 9.80. The number of carbonyl (C=O) groups is 2. The van der Waals surface area contributed by atoms with Crippen LogP contribution in [0.4, 0.5) is 5.69 Å². The molecule has 0 spiro atoms. The van der Waals surface area contributed by atoms with Gasteiger partial charge in [-0.2, -0.15) is 0 Å². The lowest BCUT2D eigenvalue weighted by molar-refractivity contribution is -0.384. The zero-order chi connectivity index (χ0) is 28.5. The van der Waals surface area contributed by atoms with Crippen molar-refractivity contribution in [1.82, 2.24) is 10.6 Å². The molecule has 3 rings (SSSR count). The van der Waals surface area contributed by atoms with E-state index in [1.807, 2.05) is 31.2 Å². The number of carboxylic acid groups (broad SMARTS) is 1. The number of aliphatic hydroxyl groups is 1. The highest BCUT2D eigenvalue weighted by atomic mass is 16.6. The fourth-order valence-electron chi connectivity index (χ4n) is 4.36. The number of nitrogens with one attached hydrogen (secondary N) is 2. The lowest BCUT2D eigenvalue weighted by Crippen LogP contribution is -2.37. The smallest absolute Gasteiger partial charge is 0.336 e. The zero-order valence-corrected chi connectivity index (χ0v) is 22.1. The summed E-state index contributed by atoms with van der Waals surface area (Å²) in [5, 5.41) is 39.4. The summed E-state index contributed by atoms with van der Waals surface area (Å²) >= 11 is 0. The third kappa shape index (κ3) is 7.65. The largest absolute Gasteiger partial charge is 0.545 e. The molecule has 39 heavy (non-hydrogen) atoms. The molecule has 1 aliphatic heterocycles. The van der Waals surface area contributed by atoms with E-state index in [-0.39, 0.29) is 47.9 Å². The monoisotopic (exact) mass is 538 g/mol. The Morgan fingerprint density at radius 3 is 2.51 bits per heavy atom. The standard InChI is InChI=1S/C28H33N3O8/c1-17-8-4-5-11-23(17)39-16-22(32)15-29-12-7-13-38-28(35)25-19(3)30-18(2)24(27(33)34)26(25)20-9-6-10-21(14-20)31(36)37/h4-6,8-11,14,22,26,29-30,32H,7,12-13,15-16H2,1-3H3,(H,33,34)/p-1. The molecule has 0 aromatic heterocycles. The summed E-state index contributed by atoms with van der Waals surface area (Å²) < 4.78 is 11.1. The van der Waals surface area contributed by atoms with Crippen molar-refractivity contribution in [3.8, 4) is 5.75 Å². The number of carboxylic acids is 1. The number of non-ortho nitro benzene ring substituents is 1. The van der Waals surface area contributed by atoms with E-state index in [9.17, 15) is 29.9 Å². The average Bonchev–Trinajstić information content (AvgIpc) is 2.89. The molecule has 2 aromatic carbocycles. The quantitative estimate of drug-likeness (QED) is 0.148. The molecule has 0 fully saturated rings. The van der Waals surface area contributed by atoms with Gasteiger partial charge in [0.2, 0.25) is 0 Å². The molecular formula is C28H32N3O8-. The van der Waals surface area contributed by atoms with E-state index in [2.05, 4.69) is 10.6 Å². The molecule has 11 heteroatoms. The number of aliphatic hydroxyl groups excluding tert-OH is 1. The molecular weight excluding hydrogens is 506 g/mol. The van der Waals surface area contributed by atoms with E-state index in [0.717, 1.165) is 5.56 Å². The van der Waals surface area contributed by atoms with Gasteiger partial charge in [0, 0.05) is 41.6 Å². The fourth-order valence-corrected chi connectivity index (χ4v) is 4.36. The maximum atomic E-state index is 13.1. The van der Waals surface area contributed by atoms with Crippen LogP contribution in [0.2, 0.25) is 0 Å². The minimum absolute atomic E-state index is 0.0312. The second kappa shape index (κ2) is 13.5. The second-order valence-corrected chi connectivity index (χ2v) is 9.20. The van der Waals surface area contributed by atoms with Gasteiger partial charge in [-0.3, -0.25) is 10.1 Å². The van der Waals surface area contributed by atoms with Crippen molar-refractivity contribution in [3.05, 3.63) is 92.3 Å². The minimum Gasteiger partial charge on any atom is -0.545 e. The Labute approximate surface area is 226 Å². The topological polar surface area (TPSA) is 163 Å². The number of nitrogens with zero attached hydrogens (tertiary/aromatic N) is 1. The first-order valence-electron chi connectivity index (χ1n) is 12.5. The van der Waals surface area contributed by atoms with E-state index in [4.69, 9.17) is 9.47 Å². The van der Waals surface area contributed by atoms with Gasteiger partial charge in [0.25, 0.3) is 5.69 Å². The Kier molecular flexibility index (Phi) is 10.2. The number of nitro benzene ring substituents is 1. The summed E-state index contributed by atoms with van der Waals surface area (Å²) in [6, 6.07) is 13.0. The summed E-state index contributed by atoms with van der Waals surface area (Å²) in [7, 11) is 0. The van der Waals surface area contributed by atoms with E-state index in [0.29, 0.717) is 24.4 Å². The fraction of sp³-hybridized carbons (Fsp3) is 0.357. The van der Waals surface area contributed by atoms with Crippen LogP contribution in [-0.2, 0) is 14.3 Å². The molecule has 1 aliphatic rings. The Bertz CT molecular complexity index is 1290. The number of ether oxygens (including phenoxy) is 2. The van der Waals surface area contributed by atoms with Crippen LogP contribution in [0, 0.1) is 17.0 Å². The van der Waals surface area contributed by atoms with Gasteiger partial charge in [-0.1, -0.05) is 30.3 Å². The molecule has 208 valence electrons. The Morgan fingerprint density at radius 1 is 1.10 bits per heavy atom. The van der Waals surface area contributed by atoms with Crippen molar-refractivity contribution in [2.75, 3.05) is 26.3 Å². The van der Waals surface area contributed by atoms with Crippen LogP contribution in [0.3, 0.4) is 0 Å². The summed E-state index contributed by atoms with van der Waals surface area (Å²) in [5.41, 5.74) is 1.50. The summed E-state index contributed by atoms with van der Waals surface area (Å²) in [6.45, 7) is 5.95. The third-order valence-electron chi connectivity index (χ3n) is 6.25. The number of rotatable bonds is 13. The van der Waals surface area contributed by atoms with Crippen LogP contribution in [0.25, 0.3) is 0 Å². The van der Waals surface area contributed by atoms with Crippen LogP contribution in [0.5, 0.6) is 5.75 Å². The van der Waals surface area contributed by atoms with E-state index < -0.39 is 28.9 Å². The number of hydrogen-bond acceptors (Lipinski definition) is 10. The highest BCUT2D eigenvalue weighted by Gasteiger charge is 2.35. The predicted molar refractivity (Wildman–Crippen MR) is 141 cm³/mol. The van der Waals surface area contributed by atoms with Crippen molar-refractivity contribution >= 4 is 17.6 Å². The SMILES string of the molecule is CC1=C(C(=O)[O-])C(c2cccc([N+](=O)[O-])c2)C(C(=O)OCCCNCC(O)COc2ccccc2C)=C(C)N1. The summed E-state index contributed by atoms with van der Waals surface area (Å²) in [6.07, 6.45) is -0.303. The summed E-state index contributed by atoms with van der Waals surface area (Å²) in [5.74, 6) is -2.64. The number of aliphatic carboxylic acids is 1. The third-order valence-corrected chi connectivity index (χ3v) is 6.25. The number of esters is 1. The molecule has 11 nitrogen and oxygen atoms in total. The molecule has 0 saturated carbocycles. The van der Waals surface area contributed by atoms with Gasteiger partial charge in [0.05, 0.1) is 23.1 Å². The first kappa shape index (κ1) is 29.3. The molecule has 1 heterocycles. The maximum Gasteiger partial charge on any atom is 0.336 e. The van der Waals surface area contributed by atoms with Crippen molar-refractivity contribution in [2.45, 2.75) is 39.2 Å². The number of hydrogen-bond donors (Lipinski definition) is 3. The van der Waals surface area contributed by atoms with Gasteiger partial charge < -0.3 is 35.1 Å². The second-order valence-electron chi connectivity index (χ2n) is 9.20. The van der Waals surface area contributed by atoms with Crippen molar-refractivity contribution in [1.29, 1.82) is 0 Å². The highest BCUT2D eigenvalue weighted by molar-refractivity contribution is 5.98. The Balaban J connectivity index is 1.57. The zero-order valence-electron chi connectivity index (χ0n) is 22.1.